The van der Waals surface area contributed by atoms with Gasteiger partial charge in [-0.2, -0.15) is 0 Å². The molecule has 6 heteroatoms. The molecule has 1 aromatic carbocycles. The van der Waals surface area contributed by atoms with E-state index in [0.29, 0.717) is 5.69 Å². The normalized spacial score (nSPS) is 10.5. The van der Waals surface area contributed by atoms with Crippen LogP contribution in [0, 0.1) is 12.7 Å². The van der Waals surface area contributed by atoms with Gasteiger partial charge in [0.05, 0.1) is 23.5 Å². The Labute approximate surface area is 137 Å². The molecule has 1 amide bonds. The Hall–Kier alpha value is -2.60. The van der Waals surface area contributed by atoms with Crippen molar-refractivity contribution in [3.8, 4) is 10.7 Å². The third-order valence-corrected chi connectivity index (χ3v) is 4.09. The van der Waals surface area contributed by atoms with Crippen molar-refractivity contribution in [2.24, 2.45) is 0 Å². The van der Waals surface area contributed by atoms with Crippen molar-refractivity contribution in [2.45, 2.75) is 13.3 Å². The number of nitrogens with one attached hydrogen (secondary N) is 1. The van der Waals surface area contributed by atoms with E-state index in [9.17, 15) is 9.18 Å². The van der Waals surface area contributed by atoms with Crippen LogP contribution >= 0.6 is 11.3 Å². The number of thiazole rings is 1. The van der Waals surface area contributed by atoms with E-state index in [-0.39, 0.29) is 18.0 Å². The summed E-state index contributed by atoms with van der Waals surface area (Å²) < 4.78 is 13.7. The van der Waals surface area contributed by atoms with Gasteiger partial charge in [-0.05, 0) is 36.8 Å². The summed E-state index contributed by atoms with van der Waals surface area (Å²) in [6.07, 6.45) is 1.79. The molecule has 2 heterocycles. The van der Waals surface area contributed by atoms with Crippen LogP contribution < -0.4 is 5.32 Å². The second-order valence-electron chi connectivity index (χ2n) is 5.07. The van der Waals surface area contributed by atoms with Gasteiger partial charge in [0, 0.05) is 11.6 Å². The number of carbonyl (C=O) groups is 1. The van der Waals surface area contributed by atoms with Crippen LogP contribution in [0.2, 0.25) is 0 Å². The number of benzene rings is 1. The molecule has 0 spiro atoms. The van der Waals surface area contributed by atoms with Gasteiger partial charge >= 0.3 is 0 Å². The zero-order chi connectivity index (χ0) is 16.2. The second-order valence-corrected chi connectivity index (χ2v) is 5.93. The van der Waals surface area contributed by atoms with Crippen LogP contribution in [0.4, 0.5) is 10.1 Å². The van der Waals surface area contributed by atoms with Crippen LogP contribution in [0.3, 0.4) is 0 Å². The van der Waals surface area contributed by atoms with E-state index in [1.165, 1.54) is 17.4 Å². The predicted octanol–water partition coefficient (Wildman–Crippen LogP) is 3.83. The van der Waals surface area contributed by atoms with E-state index in [2.05, 4.69) is 15.3 Å². The molecule has 2 aromatic heterocycles. The molecule has 1 N–H and O–H groups in total. The molecule has 0 aliphatic rings. The Balaban J connectivity index is 1.68. The molecule has 23 heavy (non-hydrogen) atoms. The molecule has 0 fully saturated rings. The Morgan fingerprint density at radius 3 is 2.91 bits per heavy atom. The Morgan fingerprint density at radius 2 is 2.17 bits per heavy atom. The van der Waals surface area contributed by atoms with E-state index >= 15 is 0 Å². The third-order valence-electron chi connectivity index (χ3n) is 3.18. The van der Waals surface area contributed by atoms with Gasteiger partial charge < -0.3 is 5.32 Å². The molecule has 0 atom stereocenters. The van der Waals surface area contributed by atoms with Gasteiger partial charge in [-0.15, -0.1) is 11.3 Å². The summed E-state index contributed by atoms with van der Waals surface area (Å²) in [6.45, 7) is 1.79. The van der Waals surface area contributed by atoms with Gasteiger partial charge in [-0.25, -0.2) is 9.37 Å². The number of hydrogen-bond donors (Lipinski definition) is 1. The summed E-state index contributed by atoms with van der Waals surface area (Å²) in [5.74, 6) is -0.739. The number of nitrogens with zero attached hydrogens (tertiary/aromatic N) is 2. The fourth-order valence-electron chi connectivity index (χ4n) is 2.08. The number of aryl methyl sites for hydroxylation is 1. The second kappa shape index (κ2) is 6.66. The van der Waals surface area contributed by atoms with E-state index < -0.39 is 5.82 Å². The van der Waals surface area contributed by atoms with Crippen molar-refractivity contribution in [1.82, 2.24) is 9.97 Å². The van der Waals surface area contributed by atoms with Gasteiger partial charge in [0.25, 0.3) is 0 Å². The number of aromatic nitrogens is 2. The minimum Gasteiger partial charge on any atom is -0.323 e. The van der Waals surface area contributed by atoms with E-state index in [4.69, 9.17) is 0 Å². The van der Waals surface area contributed by atoms with Crippen LogP contribution in [0.25, 0.3) is 10.7 Å². The molecule has 0 bridgehead atoms. The molecule has 116 valence electrons. The smallest absolute Gasteiger partial charge is 0.230 e. The first-order valence-electron chi connectivity index (χ1n) is 7.03. The van der Waals surface area contributed by atoms with Crippen molar-refractivity contribution in [1.29, 1.82) is 0 Å². The molecular formula is C17H14FN3OS. The molecule has 0 saturated heterocycles. The minimum absolute atomic E-state index is 0.0939. The lowest BCUT2D eigenvalue weighted by molar-refractivity contribution is -0.115. The number of halogens is 1. The Kier molecular flexibility index (Phi) is 4.43. The zero-order valence-electron chi connectivity index (χ0n) is 12.4. The molecule has 3 rings (SSSR count). The van der Waals surface area contributed by atoms with Crippen LogP contribution in [0.15, 0.2) is 48.0 Å². The average molecular weight is 327 g/mol. The van der Waals surface area contributed by atoms with Crippen LogP contribution in [-0.2, 0) is 11.2 Å². The number of anilines is 1. The number of rotatable bonds is 4. The van der Waals surface area contributed by atoms with Gasteiger partial charge in [-0.3, -0.25) is 9.78 Å². The monoisotopic (exact) mass is 327 g/mol. The summed E-state index contributed by atoms with van der Waals surface area (Å²) in [7, 11) is 0. The highest BCUT2D eigenvalue weighted by atomic mass is 32.1. The maximum atomic E-state index is 13.7. The van der Waals surface area contributed by atoms with Crippen LogP contribution in [0.1, 0.15) is 11.3 Å². The summed E-state index contributed by atoms with van der Waals surface area (Å²) in [5.41, 5.74) is 2.40. The topological polar surface area (TPSA) is 54.9 Å². The Morgan fingerprint density at radius 1 is 1.30 bits per heavy atom. The average Bonchev–Trinajstić information content (AvgIpc) is 2.99. The molecular weight excluding hydrogens is 313 g/mol. The predicted molar refractivity (Wildman–Crippen MR) is 88.8 cm³/mol. The molecule has 0 saturated carbocycles. The lowest BCUT2D eigenvalue weighted by Gasteiger charge is -2.06. The standard InChI is InChI=1S/C17H14FN3OS/c1-11-5-6-14(13(18)8-11)21-16(22)9-12-10-23-17(20-12)15-4-2-3-7-19-15/h2-8,10H,9H2,1H3,(H,21,22). The van der Waals surface area contributed by atoms with Crippen molar-refractivity contribution in [2.75, 3.05) is 5.32 Å². The fourth-order valence-corrected chi connectivity index (χ4v) is 2.87. The van der Waals surface area contributed by atoms with Gasteiger partial charge in [-0.1, -0.05) is 12.1 Å². The highest BCUT2D eigenvalue weighted by molar-refractivity contribution is 7.13. The first-order valence-corrected chi connectivity index (χ1v) is 7.91. The summed E-state index contributed by atoms with van der Waals surface area (Å²) in [6, 6.07) is 10.3. The van der Waals surface area contributed by atoms with Crippen molar-refractivity contribution in [3.63, 3.8) is 0 Å². The van der Waals surface area contributed by atoms with E-state index in [1.54, 1.807) is 25.3 Å². The van der Waals surface area contributed by atoms with Gasteiger partial charge in [0.15, 0.2) is 0 Å². The lowest BCUT2D eigenvalue weighted by Crippen LogP contribution is -2.15. The maximum Gasteiger partial charge on any atom is 0.230 e. The highest BCUT2D eigenvalue weighted by Crippen LogP contribution is 2.22. The number of pyridine rings is 1. The van der Waals surface area contributed by atoms with Gasteiger partial charge in [0.2, 0.25) is 5.91 Å². The van der Waals surface area contributed by atoms with Gasteiger partial charge in [0.1, 0.15) is 10.8 Å². The number of hydrogen-bond acceptors (Lipinski definition) is 4. The highest BCUT2D eigenvalue weighted by Gasteiger charge is 2.11. The number of amides is 1. The Bertz CT molecular complexity index is 833. The summed E-state index contributed by atoms with van der Waals surface area (Å²) >= 11 is 1.43. The zero-order valence-corrected chi connectivity index (χ0v) is 13.2. The fraction of sp³-hybridized carbons (Fsp3) is 0.118. The molecule has 0 radical (unpaired) electrons. The van der Waals surface area contributed by atoms with Crippen molar-refractivity contribution >= 4 is 22.9 Å². The summed E-state index contributed by atoms with van der Waals surface area (Å²) in [4.78, 5) is 20.7. The molecule has 0 unspecified atom stereocenters. The maximum absolute atomic E-state index is 13.7. The van der Waals surface area contributed by atoms with E-state index in [0.717, 1.165) is 16.3 Å². The molecule has 3 aromatic rings. The van der Waals surface area contributed by atoms with Crippen molar-refractivity contribution in [3.05, 3.63) is 65.0 Å². The lowest BCUT2D eigenvalue weighted by atomic mass is 10.2. The van der Waals surface area contributed by atoms with Crippen molar-refractivity contribution < 1.29 is 9.18 Å². The molecule has 4 nitrogen and oxygen atoms in total. The molecule has 0 aliphatic heterocycles. The minimum atomic E-state index is -0.439. The third kappa shape index (κ3) is 3.78. The SMILES string of the molecule is Cc1ccc(NC(=O)Cc2csc(-c3ccccn3)n2)c(F)c1. The first-order chi connectivity index (χ1) is 11.1. The summed E-state index contributed by atoms with van der Waals surface area (Å²) in [5, 5.41) is 5.14. The van der Waals surface area contributed by atoms with Crippen LogP contribution in [-0.4, -0.2) is 15.9 Å². The quantitative estimate of drug-likeness (QED) is 0.792. The molecule has 0 aliphatic carbocycles. The van der Waals surface area contributed by atoms with Crippen LogP contribution in [0.5, 0.6) is 0 Å². The van der Waals surface area contributed by atoms with E-state index in [1.807, 2.05) is 23.6 Å². The number of carbonyl (C=O) groups excluding carboxylic acids is 1. The largest absolute Gasteiger partial charge is 0.323 e. The first kappa shape index (κ1) is 15.3.